The van der Waals surface area contributed by atoms with E-state index in [9.17, 15) is 14.2 Å². The molecule has 156 valence electrons. The van der Waals surface area contributed by atoms with Gasteiger partial charge in [-0.1, -0.05) is 62.5 Å². The summed E-state index contributed by atoms with van der Waals surface area (Å²) in [6.07, 6.45) is 9.02. The quantitative estimate of drug-likeness (QED) is 0.211. The highest BCUT2D eigenvalue weighted by Gasteiger charge is 2.35. The van der Waals surface area contributed by atoms with Crippen LogP contribution in [0.5, 0.6) is 0 Å². The Kier molecular flexibility index (Phi) is 11.2. The smallest absolute Gasteiger partial charge is 0.431 e. The molecule has 0 N–H and O–H groups in total. The van der Waals surface area contributed by atoms with E-state index in [0.29, 0.717) is 12.2 Å². The summed E-state index contributed by atoms with van der Waals surface area (Å²) in [5, 5.41) is 0. The molecule has 0 aliphatic carbocycles. The Bertz CT molecular complexity index is 694. The summed E-state index contributed by atoms with van der Waals surface area (Å²) >= 11 is 0. The summed E-state index contributed by atoms with van der Waals surface area (Å²) < 4.78 is 17.6. The molecule has 5 heteroatoms. The van der Waals surface area contributed by atoms with E-state index in [2.05, 4.69) is 6.92 Å². The van der Waals surface area contributed by atoms with Crippen molar-refractivity contribution in [3.05, 3.63) is 33.9 Å². The molecule has 1 aromatic rings. The molecule has 28 heavy (non-hydrogen) atoms. The van der Waals surface area contributed by atoms with Crippen molar-refractivity contribution >= 4 is 19.3 Å². The number of rotatable bonds is 13. The van der Waals surface area contributed by atoms with E-state index >= 15 is 0 Å². The second kappa shape index (κ2) is 12.8. The summed E-state index contributed by atoms with van der Waals surface area (Å²) in [6, 6.07) is 1.93. The Labute approximate surface area is 171 Å². The molecule has 0 aliphatic heterocycles. The molecule has 0 fully saturated rings. The summed E-state index contributed by atoms with van der Waals surface area (Å²) in [6.45, 7) is 10.2. The van der Waals surface area contributed by atoms with Crippen LogP contribution in [0.25, 0.3) is 0 Å². The molecule has 1 unspecified atom stereocenters. The van der Waals surface area contributed by atoms with Crippen LogP contribution in [0.2, 0.25) is 0 Å². The third-order valence-corrected chi connectivity index (χ3v) is 6.55. The van der Waals surface area contributed by atoms with Crippen molar-refractivity contribution in [1.82, 2.24) is 0 Å². The molecule has 0 bridgehead atoms. The highest BCUT2D eigenvalue weighted by molar-refractivity contribution is 7.65. The van der Waals surface area contributed by atoms with Gasteiger partial charge >= 0.3 is 19.3 Å². The Balaban J connectivity index is 2.38. The molecule has 1 atom stereocenters. The maximum atomic E-state index is 12.6. The van der Waals surface area contributed by atoms with Gasteiger partial charge in [0.25, 0.3) is 6.16 Å². The zero-order chi connectivity index (χ0) is 21.1. The first-order valence-corrected chi connectivity index (χ1v) is 12.0. The van der Waals surface area contributed by atoms with E-state index < -0.39 is 19.3 Å². The lowest BCUT2D eigenvalue weighted by Crippen LogP contribution is -2.12. The number of ether oxygens (including phenoxy) is 1. The van der Waals surface area contributed by atoms with Crippen molar-refractivity contribution < 1.29 is 18.9 Å². The number of hydrogen-bond acceptors (Lipinski definition) is 4. The minimum Gasteiger partial charge on any atom is -0.463 e. The Morgan fingerprint density at radius 2 is 1.43 bits per heavy atom. The molecule has 0 radical (unpaired) electrons. The Hall–Kier alpha value is -1.54. The third kappa shape index (κ3) is 7.83. The van der Waals surface area contributed by atoms with Gasteiger partial charge in [-0.25, -0.2) is 9.59 Å². The molecule has 0 spiro atoms. The number of hydrogen-bond donors (Lipinski definition) is 0. The van der Waals surface area contributed by atoms with Crippen LogP contribution in [0.15, 0.2) is 6.07 Å². The maximum Gasteiger partial charge on any atom is 0.431 e. The molecule has 0 amide bonds. The topological polar surface area (TPSA) is 60.4 Å². The van der Waals surface area contributed by atoms with Gasteiger partial charge in [0.2, 0.25) is 0 Å². The lowest BCUT2D eigenvalue weighted by atomic mass is 9.95. The van der Waals surface area contributed by atoms with Gasteiger partial charge in [-0.05, 0) is 56.4 Å². The lowest BCUT2D eigenvalue weighted by molar-refractivity contribution is -0.140. The molecule has 0 saturated carbocycles. The second-order valence-electron chi connectivity index (χ2n) is 7.67. The van der Waals surface area contributed by atoms with Crippen molar-refractivity contribution in [1.29, 1.82) is 0 Å². The molecule has 0 aromatic heterocycles. The fourth-order valence-corrected chi connectivity index (χ4v) is 4.46. The van der Waals surface area contributed by atoms with Crippen LogP contribution in [-0.2, 0) is 14.1 Å². The minimum atomic E-state index is -2.31. The van der Waals surface area contributed by atoms with Crippen LogP contribution < -0.4 is 0 Å². The van der Waals surface area contributed by atoms with Crippen LogP contribution in [0, 0.1) is 27.7 Å². The van der Waals surface area contributed by atoms with E-state index in [-0.39, 0.29) is 6.16 Å². The highest BCUT2D eigenvalue weighted by atomic mass is 31.1. The molecule has 1 rings (SSSR count). The number of benzene rings is 1. The van der Waals surface area contributed by atoms with Gasteiger partial charge < -0.3 is 4.74 Å². The average molecular weight is 408 g/mol. The number of unbranched alkanes of at least 4 members (excludes halogenated alkanes) is 7. The van der Waals surface area contributed by atoms with Crippen LogP contribution in [-0.4, -0.2) is 24.3 Å². The van der Waals surface area contributed by atoms with Gasteiger partial charge in [-0.2, -0.15) is 0 Å². The Morgan fingerprint density at radius 3 is 2.04 bits per heavy atom. The van der Waals surface area contributed by atoms with Gasteiger partial charge in [-0.3, -0.25) is 0 Å². The summed E-state index contributed by atoms with van der Waals surface area (Å²) in [5.74, 6) is -0.545. The lowest BCUT2D eigenvalue weighted by Gasteiger charge is -2.10. The van der Waals surface area contributed by atoms with Gasteiger partial charge in [0.15, 0.2) is 0 Å². The molecule has 4 nitrogen and oxygen atoms in total. The SMILES string of the molecule is CCCCCCCCCCOC(=O)C[P+](=O)C(=O)c1c(C)cc(C)c(C)c1C. The molecular formula is C23H36O4P+. The fraction of sp³-hybridized carbons (Fsp3) is 0.652. The van der Waals surface area contributed by atoms with Crippen molar-refractivity contribution in [2.24, 2.45) is 0 Å². The number of carbonyl (C=O) groups is 2. The van der Waals surface area contributed by atoms with E-state index in [0.717, 1.165) is 41.5 Å². The second-order valence-corrected chi connectivity index (χ2v) is 9.15. The monoisotopic (exact) mass is 407 g/mol. The zero-order valence-electron chi connectivity index (χ0n) is 18.2. The van der Waals surface area contributed by atoms with E-state index in [1.807, 2.05) is 33.8 Å². The molecule has 0 saturated heterocycles. The molecular weight excluding hydrogens is 371 g/mol. The van der Waals surface area contributed by atoms with Crippen molar-refractivity contribution in [3.8, 4) is 0 Å². The van der Waals surface area contributed by atoms with Gasteiger partial charge in [0, 0.05) is 0 Å². The van der Waals surface area contributed by atoms with Crippen LogP contribution in [0.3, 0.4) is 0 Å². The van der Waals surface area contributed by atoms with Crippen molar-refractivity contribution in [3.63, 3.8) is 0 Å². The van der Waals surface area contributed by atoms with Crippen LogP contribution in [0.1, 0.15) is 90.9 Å². The van der Waals surface area contributed by atoms with E-state index in [1.165, 1.54) is 32.1 Å². The van der Waals surface area contributed by atoms with E-state index in [1.54, 1.807) is 0 Å². The summed E-state index contributed by atoms with van der Waals surface area (Å²) in [5.41, 5.74) is 3.82. The van der Waals surface area contributed by atoms with Crippen LogP contribution in [0.4, 0.5) is 0 Å². The molecule has 0 heterocycles. The fourth-order valence-electron chi connectivity index (χ4n) is 3.39. The maximum absolute atomic E-state index is 12.6. The predicted octanol–water partition coefficient (Wildman–Crippen LogP) is 6.57. The predicted molar refractivity (Wildman–Crippen MR) is 116 cm³/mol. The highest BCUT2D eigenvalue weighted by Crippen LogP contribution is 2.32. The average Bonchev–Trinajstić information content (AvgIpc) is 2.64. The standard InChI is InChI=1S/C23H36O4P/c1-6-7-8-9-10-11-12-13-14-27-21(24)16-28(26)23(25)22-18(3)15-17(2)19(4)20(22)5/h15H,6-14,16H2,1-5H3/q+1. The van der Waals surface area contributed by atoms with Crippen molar-refractivity contribution in [2.75, 3.05) is 12.8 Å². The summed E-state index contributed by atoms with van der Waals surface area (Å²) in [7, 11) is -2.31. The van der Waals surface area contributed by atoms with Gasteiger partial charge in [-0.15, -0.1) is 0 Å². The molecule has 0 aliphatic rings. The first-order chi connectivity index (χ1) is 13.3. The number of aryl methyl sites for hydroxylation is 2. The number of esters is 1. The first kappa shape index (κ1) is 24.5. The normalized spacial score (nSPS) is 11.4. The zero-order valence-corrected chi connectivity index (χ0v) is 19.1. The Morgan fingerprint density at radius 1 is 0.857 bits per heavy atom. The summed E-state index contributed by atoms with van der Waals surface area (Å²) in [4.78, 5) is 24.5. The number of carbonyl (C=O) groups excluding carboxylic acids is 2. The van der Waals surface area contributed by atoms with Gasteiger partial charge in [0.1, 0.15) is 0 Å². The first-order valence-electron chi connectivity index (χ1n) is 10.5. The van der Waals surface area contributed by atoms with Gasteiger partial charge in [0.05, 0.1) is 12.2 Å². The van der Waals surface area contributed by atoms with Crippen molar-refractivity contribution in [2.45, 2.75) is 86.0 Å². The molecule has 1 aromatic carbocycles. The largest absolute Gasteiger partial charge is 0.463 e. The third-order valence-electron chi connectivity index (χ3n) is 5.33. The van der Waals surface area contributed by atoms with E-state index in [4.69, 9.17) is 4.74 Å². The minimum absolute atomic E-state index is 0.336. The van der Waals surface area contributed by atoms with Crippen LogP contribution >= 0.6 is 7.80 Å².